The predicted molar refractivity (Wildman–Crippen MR) is 82.1 cm³/mol. The average Bonchev–Trinajstić information content (AvgIpc) is 2.50. The van der Waals surface area contributed by atoms with Crippen LogP contribution in [0.3, 0.4) is 0 Å². The Kier molecular flexibility index (Phi) is 5.13. The highest BCUT2D eigenvalue weighted by molar-refractivity contribution is 5.37. The summed E-state index contributed by atoms with van der Waals surface area (Å²) in [5.41, 5.74) is 3.41. The molecule has 0 radical (unpaired) electrons. The SMILES string of the molecule is CCCNC(c1ccc(C)cc1)c1ncccc1OC. The van der Waals surface area contributed by atoms with Crippen LogP contribution in [0, 0.1) is 6.92 Å². The first-order valence-electron chi connectivity index (χ1n) is 7.05. The fraction of sp³-hybridized carbons (Fsp3) is 0.353. The van der Waals surface area contributed by atoms with Crippen LogP contribution in [0.15, 0.2) is 42.6 Å². The number of ether oxygens (including phenoxy) is 1. The zero-order valence-corrected chi connectivity index (χ0v) is 12.4. The lowest BCUT2D eigenvalue weighted by Gasteiger charge is -2.20. The van der Waals surface area contributed by atoms with Crippen LogP contribution in [0.25, 0.3) is 0 Å². The van der Waals surface area contributed by atoms with E-state index in [0.29, 0.717) is 0 Å². The fourth-order valence-electron chi connectivity index (χ4n) is 2.21. The Labute approximate surface area is 121 Å². The molecule has 0 amide bonds. The molecule has 1 N–H and O–H groups in total. The summed E-state index contributed by atoms with van der Waals surface area (Å²) >= 11 is 0. The van der Waals surface area contributed by atoms with Gasteiger partial charge in [-0.25, -0.2) is 0 Å². The van der Waals surface area contributed by atoms with E-state index in [1.807, 2.05) is 18.3 Å². The van der Waals surface area contributed by atoms with E-state index in [4.69, 9.17) is 4.74 Å². The molecule has 0 aliphatic carbocycles. The third-order valence-corrected chi connectivity index (χ3v) is 3.30. The second kappa shape index (κ2) is 7.06. The Morgan fingerprint density at radius 3 is 2.60 bits per heavy atom. The first-order chi connectivity index (χ1) is 9.76. The van der Waals surface area contributed by atoms with Gasteiger partial charge >= 0.3 is 0 Å². The molecule has 1 aromatic carbocycles. The third kappa shape index (κ3) is 3.36. The molecule has 3 nitrogen and oxygen atoms in total. The first kappa shape index (κ1) is 14.5. The van der Waals surface area contributed by atoms with Crippen molar-refractivity contribution in [1.29, 1.82) is 0 Å². The Hall–Kier alpha value is -1.87. The second-order valence-corrected chi connectivity index (χ2v) is 4.89. The Morgan fingerprint density at radius 1 is 1.20 bits per heavy atom. The maximum absolute atomic E-state index is 5.45. The quantitative estimate of drug-likeness (QED) is 0.872. The molecular weight excluding hydrogens is 248 g/mol. The summed E-state index contributed by atoms with van der Waals surface area (Å²) < 4.78 is 5.45. The van der Waals surface area contributed by atoms with Crippen LogP contribution in [0.2, 0.25) is 0 Å². The largest absolute Gasteiger partial charge is 0.495 e. The summed E-state index contributed by atoms with van der Waals surface area (Å²) in [6, 6.07) is 12.5. The van der Waals surface area contributed by atoms with Gasteiger partial charge in [-0.1, -0.05) is 36.8 Å². The Bertz CT molecular complexity index is 537. The molecule has 0 bridgehead atoms. The van der Waals surface area contributed by atoms with Crippen LogP contribution >= 0.6 is 0 Å². The number of aromatic nitrogens is 1. The summed E-state index contributed by atoms with van der Waals surface area (Å²) in [7, 11) is 1.69. The molecule has 0 fully saturated rings. The van der Waals surface area contributed by atoms with E-state index in [-0.39, 0.29) is 6.04 Å². The summed E-state index contributed by atoms with van der Waals surface area (Å²) in [5, 5.41) is 3.55. The molecule has 2 rings (SSSR count). The van der Waals surface area contributed by atoms with E-state index in [9.17, 15) is 0 Å². The van der Waals surface area contributed by atoms with Crippen LogP contribution in [-0.2, 0) is 0 Å². The van der Waals surface area contributed by atoms with Crippen molar-refractivity contribution < 1.29 is 4.74 Å². The number of nitrogens with one attached hydrogen (secondary N) is 1. The smallest absolute Gasteiger partial charge is 0.142 e. The summed E-state index contributed by atoms with van der Waals surface area (Å²) in [4.78, 5) is 4.51. The maximum Gasteiger partial charge on any atom is 0.142 e. The van der Waals surface area contributed by atoms with Crippen molar-refractivity contribution in [1.82, 2.24) is 10.3 Å². The van der Waals surface area contributed by atoms with Gasteiger partial charge < -0.3 is 10.1 Å². The molecule has 1 heterocycles. The molecule has 1 aromatic heterocycles. The standard InChI is InChI=1S/C17H22N2O/c1-4-11-18-16(14-9-7-13(2)8-10-14)17-15(20-3)6-5-12-19-17/h5-10,12,16,18H,4,11H2,1-3H3. The molecule has 3 heteroatoms. The number of hydrogen-bond acceptors (Lipinski definition) is 3. The highest BCUT2D eigenvalue weighted by atomic mass is 16.5. The number of benzene rings is 1. The Balaban J connectivity index is 2.38. The maximum atomic E-state index is 5.45. The van der Waals surface area contributed by atoms with Gasteiger partial charge in [0, 0.05) is 6.20 Å². The van der Waals surface area contributed by atoms with Gasteiger partial charge in [-0.2, -0.15) is 0 Å². The monoisotopic (exact) mass is 270 g/mol. The molecule has 0 spiro atoms. The molecular formula is C17H22N2O. The molecule has 106 valence electrons. The van der Waals surface area contributed by atoms with Crippen molar-refractivity contribution in [2.24, 2.45) is 0 Å². The van der Waals surface area contributed by atoms with Crippen molar-refractivity contribution in [3.8, 4) is 5.75 Å². The lowest BCUT2D eigenvalue weighted by molar-refractivity contribution is 0.400. The zero-order chi connectivity index (χ0) is 14.4. The molecule has 0 saturated carbocycles. The van der Waals surface area contributed by atoms with Gasteiger partial charge in [0.15, 0.2) is 0 Å². The van der Waals surface area contributed by atoms with Crippen molar-refractivity contribution in [3.63, 3.8) is 0 Å². The fourth-order valence-corrected chi connectivity index (χ4v) is 2.21. The van der Waals surface area contributed by atoms with Crippen molar-refractivity contribution in [2.75, 3.05) is 13.7 Å². The van der Waals surface area contributed by atoms with E-state index >= 15 is 0 Å². The van der Waals surface area contributed by atoms with Crippen LogP contribution < -0.4 is 10.1 Å². The predicted octanol–water partition coefficient (Wildman–Crippen LogP) is 3.49. The minimum atomic E-state index is 0.0618. The molecule has 1 atom stereocenters. The molecule has 20 heavy (non-hydrogen) atoms. The molecule has 0 aliphatic rings. The molecule has 0 aliphatic heterocycles. The van der Waals surface area contributed by atoms with Gasteiger partial charge in [-0.05, 0) is 37.6 Å². The number of hydrogen-bond donors (Lipinski definition) is 1. The zero-order valence-electron chi connectivity index (χ0n) is 12.4. The van der Waals surface area contributed by atoms with Crippen LogP contribution in [0.1, 0.15) is 36.2 Å². The second-order valence-electron chi connectivity index (χ2n) is 4.89. The van der Waals surface area contributed by atoms with Crippen molar-refractivity contribution in [2.45, 2.75) is 26.3 Å². The average molecular weight is 270 g/mol. The highest BCUT2D eigenvalue weighted by Crippen LogP contribution is 2.28. The summed E-state index contributed by atoms with van der Waals surface area (Å²) in [6.45, 7) is 5.20. The van der Waals surface area contributed by atoms with E-state index in [1.54, 1.807) is 7.11 Å². The van der Waals surface area contributed by atoms with E-state index < -0.39 is 0 Å². The number of aryl methyl sites for hydroxylation is 1. The normalized spacial score (nSPS) is 12.2. The van der Waals surface area contributed by atoms with E-state index in [2.05, 4.69) is 48.4 Å². The Morgan fingerprint density at radius 2 is 1.95 bits per heavy atom. The van der Waals surface area contributed by atoms with E-state index in [1.165, 1.54) is 11.1 Å². The van der Waals surface area contributed by atoms with Crippen molar-refractivity contribution >= 4 is 0 Å². The minimum absolute atomic E-state index is 0.0618. The lowest BCUT2D eigenvalue weighted by atomic mass is 10.0. The molecule has 0 saturated heterocycles. The molecule has 2 aromatic rings. The first-order valence-corrected chi connectivity index (χ1v) is 7.05. The van der Waals surface area contributed by atoms with Gasteiger partial charge in [0.05, 0.1) is 13.2 Å². The van der Waals surface area contributed by atoms with Gasteiger partial charge in [-0.15, -0.1) is 0 Å². The summed E-state index contributed by atoms with van der Waals surface area (Å²) in [5.74, 6) is 0.821. The number of nitrogens with zero attached hydrogens (tertiary/aromatic N) is 1. The minimum Gasteiger partial charge on any atom is -0.495 e. The van der Waals surface area contributed by atoms with Gasteiger partial charge in [0.1, 0.15) is 11.4 Å². The molecule has 1 unspecified atom stereocenters. The van der Waals surface area contributed by atoms with Crippen molar-refractivity contribution in [3.05, 3.63) is 59.4 Å². The lowest BCUT2D eigenvalue weighted by Crippen LogP contribution is -2.24. The van der Waals surface area contributed by atoms with Gasteiger partial charge in [0.25, 0.3) is 0 Å². The van der Waals surface area contributed by atoms with Crippen LogP contribution in [0.4, 0.5) is 0 Å². The summed E-state index contributed by atoms with van der Waals surface area (Å²) in [6.07, 6.45) is 2.89. The van der Waals surface area contributed by atoms with E-state index in [0.717, 1.165) is 24.4 Å². The van der Waals surface area contributed by atoms with Gasteiger partial charge in [-0.3, -0.25) is 4.98 Å². The number of pyridine rings is 1. The topological polar surface area (TPSA) is 34.2 Å². The van der Waals surface area contributed by atoms with Crippen LogP contribution in [-0.4, -0.2) is 18.6 Å². The van der Waals surface area contributed by atoms with Gasteiger partial charge in [0.2, 0.25) is 0 Å². The van der Waals surface area contributed by atoms with Crippen LogP contribution in [0.5, 0.6) is 5.75 Å². The number of methoxy groups -OCH3 is 1. The third-order valence-electron chi connectivity index (χ3n) is 3.30. The number of rotatable bonds is 6. The highest BCUT2D eigenvalue weighted by Gasteiger charge is 2.18.